The van der Waals surface area contributed by atoms with E-state index in [1.54, 1.807) is 0 Å². The van der Waals surface area contributed by atoms with E-state index in [1.165, 1.54) is 11.8 Å². The topological polar surface area (TPSA) is 122 Å². The molecule has 180 valence electrons. The number of amides is 2. The molecule has 2 saturated heterocycles. The van der Waals surface area contributed by atoms with Gasteiger partial charge in [0.25, 0.3) is 5.91 Å². The molecule has 3 aliphatic rings. The molecule has 5 rings (SSSR count). The molecule has 9 nitrogen and oxygen atoms in total. The van der Waals surface area contributed by atoms with Crippen molar-refractivity contribution in [2.75, 3.05) is 36.9 Å². The van der Waals surface area contributed by atoms with E-state index in [0.717, 1.165) is 57.3 Å². The molecule has 2 aliphatic heterocycles. The zero-order chi connectivity index (χ0) is 23.5. The minimum absolute atomic E-state index is 0.134. The Hall–Kier alpha value is -3.20. The lowest BCUT2D eigenvalue weighted by molar-refractivity contribution is -0.139. The number of hydrogen-bond acceptors (Lipinski definition) is 7. The highest BCUT2D eigenvalue weighted by Gasteiger charge is 2.30. The van der Waals surface area contributed by atoms with Gasteiger partial charge in [-0.2, -0.15) is 4.98 Å². The predicted octanol–water partition coefficient (Wildman–Crippen LogP) is 3.03. The van der Waals surface area contributed by atoms with Crippen molar-refractivity contribution in [2.24, 2.45) is 11.7 Å². The molecule has 0 bridgehead atoms. The van der Waals surface area contributed by atoms with Crippen molar-refractivity contribution in [3.63, 3.8) is 0 Å². The third kappa shape index (κ3) is 5.30. The van der Waals surface area contributed by atoms with Crippen LogP contribution in [0.25, 0.3) is 0 Å². The summed E-state index contributed by atoms with van der Waals surface area (Å²) in [6.07, 6.45) is 7.25. The summed E-state index contributed by atoms with van der Waals surface area (Å²) >= 11 is 0. The average molecular weight is 465 g/mol. The Morgan fingerprint density at radius 2 is 1.71 bits per heavy atom. The van der Waals surface area contributed by atoms with Crippen LogP contribution in [0, 0.1) is 5.92 Å². The van der Waals surface area contributed by atoms with E-state index in [2.05, 4.69) is 32.7 Å². The summed E-state index contributed by atoms with van der Waals surface area (Å²) in [5.74, 6) is 1.24. The van der Waals surface area contributed by atoms with Crippen LogP contribution < -0.4 is 16.4 Å². The summed E-state index contributed by atoms with van der Waals surface area (Å²) in [4.78, 5) is 35.2. The number of carbonyl (C=O) groups is 2. The maximum absolute atomic E-state index is 12.8. The van der Waals surface area contributed by atoms with Gasteiger partial charge in [-0.1, -0.05) is 12.1 Å². The average Bonchev–Trinajstić information content (AvgIpc) is 3.69. The van der Waals surface area contributed by atoms with Gasteiger partial charge in [0.2, 0.25) is 11.9 Å². The van der Waals surface area contributed by atoms with Crippen LogP contribution in [0.15, 0.2) is 30.5 Å². The molecule has 2 aromatic rings. The molecule has 0 unspecified atom stereocenters. The molecule has 3 fully saturated rings. The van der Waals surface area contributed by atoms with E-state index < -0.39 is 5.91 Å². The van der Waals surface area contributed by atoms with Crippen molar-refractivity contribution < 1.29 is 14.3 Å². The summed E-state index contributed by atoms with van der Waals surface area (Å²) in [5, 5.41) is 6.47. The molecule has 0 radical (unpaired) electrons. The standard InChI is InChI=1S/C25H32N6O3/c26-22(32)21-15-27-25(30-23(21)28-19-5-6-19)29-20-3-1-16(2-4-20)17-7-11-31(12-8-17)24(33)18-9-13-34-14-10-18/h1-4,15,17-19H,5-14H2,(H2,26,32)(H2,27,28,29,30). The number of benzene rings is 1. The molecule has 1 aromatic carbocycles. The second kappa shape index (κ2) is 9.97. The molecule has 2 amide bonds. The minimum atomic E-state index is -0.542. The van der Waals surface area contributed by atoms with Gasteiger partial charge >= 0.3 is 0 Å². The first kappa shape index (κ1) is 22.6. The molecule has 1 saturated carbocycles. The highest BCUT2D eigenvalue weighted by Crippen LogP contribution is 2.31. The Bertz CT molecular complexity index is 1030. The number of anilines is 3. The number of nitrogens with one attached hydrogen (secondary N) is 2. The Morgan fingerprint density at radius 3 is 2.35 bits per heavy atom. The first-order valence-corrected chi connectivity index (χ1v) is 12.2. The van der Waals surface area contributed by atoms with E-state index in [0.29, 0.717) is 48.4 Å². The highest BCUT2D eigenvalue weighted by molar-refractivity contribution is 5.97. The Kier molecular flexibility index (Phi) is 6.62. The second-order valence-corrected chi connectivity index (χ2v) is 9.47. The maximum atomic E-state index is 12.8. The van der Waals surface area contributed by atoms with Crippen LogP contribution in [0.3, 0.4) is 0 Å². The van der Waals surface area contributed by atoms with Gasteiger partial charge in [0.15, 0.2) is 0 Å². The van der Waals surface area contributed by atoms with Crippen molar-refractivity contribution in [1.82, 2.24) is 14.9 Å². The van der Waals surface area contributed by atoms with Crippen LogP contribution in [0.5, 0.6) is 0 Å². The first-order chi connectivity index (χ1) is 16.6. The number of nitrogens with two attached hydrogens (primary N) is 1. The van der Waals surface area contributed by atoms with Gasteiger partial charge in [0.1, 0.15) is 5.82 Å². The number of hydrogen-bond donors (Lipinski definition) is 3. The molecular weight excluding hydrogens is 432 g/mol. The van der Waals surface area contributed by atoms with Crippen molar-refractivity contribution in [2.45, 2.75) is 50.5 Å². The number of ether oxygens (including phenoxy) is 1. The van der Waals surface area contributed by atoms with Crippen molar-refractivity contribution >= 4 is 29.3 Å². The second-order valence-electron chi connectivity index (χ2n) is 9.47. The third-order valence-corrected chi connectivity index (χ3v) is 6.99. The molecule has 4 N–H and O–H groups in total. The van der Waals surface area contributed by atoms with Gasteiger partial charge in [0.05, 0.1) is 5.56 Å². The fourth-order valence-corrected chi connectivity index (χ4v) is 4.76. The monoisotopic (exact) mass is 464 g/mol. The van der Waals surface area contributed by atoms with Crippen LogP contribution in [0.1, 0.15) is 60.4 Å². The lowest BCUT2D eigenvalue weighted by Crippen LogP contribution is -2.42. The summed E-state index contributed by atoms with van der Waals surface area (Å²) < 4.78 is 5.39. The van der Waals surface area contributed by atoms with E-state index in [1.807, 2.05) is 17.0 Å². The Balaban J connectivity index is 1.17. The molecular formula is C25H32N6O3. The largest absolute Gasteiger partial charge is 0.381 e. The van der Waals surface area contributed by atoms with Crippen molar-refractivity contribution in [1.29, 1.82) is 0 Å². The smallest absolute Gasteiger partial charge is 0.254 e. The molecule has 1 aromatic heterocycles. The molecule has 0 atom stereocenters. The number of nitrogens with zero attached hydrogens (tertiary/aromatic N) is 3. The number of likely N-dealkylation sites (tertiary alicyclic amines) is 1. The number of aromatic nitrogens is 2. The number of carbonyl (C=O) groups excluding carboxylic acids is 2. The van der Waals surface area contributed by atoms with Gasteiger partial charge in [-0.25, -0.2) is 4.98 Å². The number of rotatable bonds is 7. The molecule has 3 heterocycles. The zero-order valence-corrected chi connectivity index (χ0v) is 19.3. The first-order valence-electron chi connectivity index (χ1n) is 12.2. The van der Waals surface area contributed by atoms with E-state index in [9.17, 15) is 9.59 Å². The van der Waals surface area contributed by atoms with Gasteiger partial charge in [-0.3, -0.25) is 9.59 Å². The van der Waals surface area contributed by atoms with E-state index in [-0.39, 0.29) is 5.92 Å². The van der Waals surface area contributed by atoms with Crippen LogP contribution in [0.4, 0.5) is 17.5 Å². The Labute approximate surface area is 199 Å². The van der Waals surface area contributed by atoms with Crippen LogP contribution >= 0.6 is 0 Å². The molecule has 9 heteroatoms. The van der Waals surface area contributed by atoms with Crippen molar-refractivity contribution in [3.05, 3.63) is 41.6 Å². The summed E-state index contributed by atoms with van der Waals surface area (Å²) in [5.41, 5.74) is 7.92. The third-order valence-electron chi connectivity index (χ3n) is 6.99. The van der Waals surface area contributed by atoms with Gasteiger partial charge in [0, 0.05) is 50.1 Å². The zero-order valence-electron chi connectivity index (χ0n) is 19.3. The number of primary amides is 1. The van der Waals surface area contributed by atoms with Gasteiger partial charge in [-0.15, -0.1) is 0 Å². The molecule has 34 heavy (non-hydrogen) atoms. The van der Waals surface area contributed by atoms with Crippen molar-refractivity contribution in [3.8, 4) is 0 Å². The van der Waals surface area contributed by atoms with Crippen LogP contribution in [-0.2, 0) is 9.53 Å². The van der Waals surface area contributed by atoms with E-state index in [4.69, 9.17) is 10.5 Å². The highest BCUT2D eigenvalue weighted by atomic mass is 16.5. The summed E-state index contributed by atoms with van der Waals surface area (Å²) in [7, 11) is 0. The van der Waals surface area contributed by atoms with E-state index >= 15 is 0 Å². The van der Waals surface area contributed by atoms with Gasteiger partial charge in [-0.05, 0) is 62.1 Å². The maximum Gasteiger partial charge on any atom is 0.254 e. The summed E-state index contributed by atoms with van der Waals surface area (Å²) in [6.45, 7) is 3.03. The van der Waals surface area contributed by atoms with Crippen LogP contribution in [-0.4, -0.2) is 59.0 Å². The molecule has 1 aliphatic carbocycles. The lowest BCUT2D eigenvalue weighted by Gasteiger charge is -2.35. The Morgan fingerprint density at radius 1 is 1.00 bits per heavy atom. The van der Waals surface area contributed by atoms with Crippen LogP contribution in [0.2, 0.25) is 0 Å². The fraction of sp³-hybridized carbons (Fsp3) is 0.520. The van der Waals surface area contributed by atoms with Gasteiger partial charge < -0.3 is 26.0 Å². The SMILES string of the molecule is NC(=O)c1cnc(Nc2ccc(C3CCN(C(=O)C4CCOCC4)CC3)cc2)nc1NC1CC1. The minimum Gasteiger partial charge on any atom is -0.381 e. The lowest BCUT2D eigenvalue weighted by atomic mass is 9.88. The summed E-state index contributed by atoms with van der Waals surface area (Å²) in [6, 6.07) is 8.65. The normalized spacial score (nSPS) is 19.6. The quantitative estimate of drug-likeness (QED) is 0.576. The molecule has 0 spiro atoms. The number of piperidine rings is 1. The fourth-order valence-electron chi connectivity index (χ4n) is 4.76. The predicted molar refractivity (Wildman–Crippen MR) is 129 cm³/mol.